The maximum Gasteiger partial charge on any atom is 0.274 e. The van der Waals surface area contributed by atoms with E-state index in [2.05, 4.69) is 20.0 Å². The topological polar surface area (TPSA) is 70.1 Å². The molecule has 1 aromatic carbocycles. The van der Waals surface area contributed by atoms with E-state index in [-0.39, 0.29) is 11.6 Å². The van der Waals surface area contributed by atoms with Gasteiger partial charge in [0.05, 0.1) is 0 Å². The first-order chi connectivity index (χ1) is 14.1. The van der Waals surface area contributed by atoms with E-state index in [1.54, 1.807) is 17.3 Å². The molecule has 1 aliphatic carbocycles. The number of nitrogens with one attached hydrogen (secondary N) is 1. The van der Waals surface area contributed by atoms with Gasteiger partial charge in [0.25, 0.3) is 5.91 Å². The predicted octanol–water partition coefficient (Wildman–Crippen LogP) is 2.32. The number of hydrogen-bond acceptors (Lipinski definition) is 4. The highest BCUT2D eigenvalue weighted by Gasteiger charge is 2.31. The summed E-state index contributed by atoms with van der Waals surface area (Å²) in [6.45, 7) is 2.47. The van der Waals surface area contributed by atoms with Crippen molar-refractivity contribution in [3.8, 4) is 5.69 Å². The van der Waals surface area contributed by atoms with E-state index in [0.29, 0.717) is 31.9 Å². The van der Waals surface area contributed by atoms with Crippen LogP contribution in [0.3, 0.4) is 0 Å². The van der Waals surface area contributed by atoms with Gasteiger partial charge in [0.2, 0.25) is 5.95 Å². The van der Waals surface area contributed by atoms with Crippen LogP contribution in [0, 0.1) is 11.6 Å². The van der Waals surface area contributed by atoms with Crippen LogP contribution in [0.5, 0.6) is 0 Å². The van der Waals surface area contributed by atoms with E-state index in [9.17, 15) is 13.6 Å². The van der Waals surface area contributed by atoms with E-state index in [4.69, 9.17) is 0 Å². The van der Waals surface area contributed by atoms with Crippen LogP contribution in [-0.2, 0) is 12.8 Å². The molecule has 1 fully saturated rings. The first-order valence-corrected chi connectivity index (χ1v) is 9.71. The molecule has 9 heteroatoms. The van der Waals surface area contributed by atoms with Gasteiger partial charge >= 0.3 is 0 Å². The largest absolute Gasteiger partial charge is 0.339 e. The number of imidazole rings is 1. The van der Waals surface area contributed by atoms with Crippen LogP contribution in [0.25, 0.3) is 5.69 Å². The highest BCUT2D eigenvalue weighted by atomic mass is 19.1. The highest BCUT2D eigenvalue weighted by Crippen LogP contribution is 2.30. The number of piperazine rings is 1. The fraction of sp³-hybridized carbons (Fsp3) is 0.350. The monoisotopic (exact) mass is 398 g/mol. The number of H-pyrrole nitrogens is 1. The predicted molar refractivity (Wildman–Crippen MR) is 102 cm³/mol. The Bertz CT molecular complexity index is 1050. The molecule has 1 amide bonds. The normalized spacial score (nSPS) is 16.3. The van der Waals surface area contributed by atoms with Crippen molar-refractivity contribution >= 4 is 11.9 Å². The molecule has 3 heterocycles. The SMILES string of the molecule is O=C(c1nn(-c2ccc(F)cc2F)c2c1CCC2)N1CCN(c2ncc[nH]2)CC1. The Morgan fingerprint density at radius 1 is 1.10 bits per heavy atom. The van der Waals surface area contributed by atoms with Gasteiger partial charge in [0.15, 0.2) is 11.5 Å². The zero-order chi connectivity index (χ0) is 20.0. The molecule has 1 N–H and O–H groups in total. The lowest BCUT2D eigenvalue weighted by atomic mass is 10.1. The molecule has 5 rings (SSSR count). The standard InChI is InChI=1S/C20H20F2N6O/c21-13-4-5-17(15(22)12-13)28-16-3-1-2-14(16)18(25-28)19(29)26-8-10-27(11-9-26)20-23-6-7-24-20/h4-7,12H,1-3,8-11H2,(H,23,24). The van der Waals surface area contributed by atoms with Crippen molar-refractivity contribution in [3.63, 3.8) is 0 Å². The summed E-state index contributed by atoms with van der Waals surface area (Å²) in [6, 6.07) is 3.41. The second-order valence-electron chi connectivity index (χ2n) is 7.33. The summed E-state index contributed by atoms with van der Waals surface area (Å²) >= 11 is 0. The minimum atomic E-state index is -0.687. The molecule has 0 spiro atoms. The second-order valence-corrected chi connectivity index (χ2v) is 7.33. The molecule has 2 aliphatic rings. The van der Waals surface area contributed by atoms with Gasteiger partial charge in [-0.2, -0.15) is 5.10 Å². The van der Waals surface area contributed by atoms with Gasteiger partial charge in [-0.05, 0) is 31.4 Å². The van der Waals surface area contributed by atoms with Crippen LogP contribution in [0.2, 0.25) is 0 Å². The third kappa shape index (κ3) is 3.06. The average molecular weight is 398 g/mol. The van der Waals surface area contributed by atoms with E-state index < -0.39 is 11.6 Å². The lowest BCUT2D eigenvalue weighted by molar-refractivity contribution is 0.0738. The smallest absolute Gasteiger partial charge is 0.274 e. The molecule has 3 aromatic rings. The van der Waals surface area contributed by atoms with Gasteiger partial charge in [0, 0.05) is 55.9 Å². The number of hydrogen-bond donors (Lipinski definition) is 1. The second kappa shape index (κ2) is 6.98. The zero-order valence-corrected chi connectivity index (χ0v) is 15.7. The first-order valence-electron chi connectivity index (χ1n) is 9.71. The number of carbonyl (C=O) groups excluding carboxylic acids is 1. The van der Waals surface area contributed by atoms with E-state index >= 15 is 0 Å². The maximum absolute atomic E-state index is 14.3. The van der Waals surface area contributed by atoms with Gasteiger partial charge in [0.1, 0.15) is 11.5 Å². The number of aromatic nitrogens is 4. The molecule has 2 aromatic heterocycles. The number of anilines is 1. The number of benzene rings is 1. The Morgan fingerprint density at radius 2 is 1.93 bits per heavy atom. The molecule has 1 saturated heterocycles. The van der Waals surface area contributed by atoms with E-state index in [1.807, 2.05) is 0 Å². The third-order valence-electron chi connectivity index (χ3n) is 5.62. The number of amides is 1. The van der Waals surface area contributed by atoms with Crippen molar-refractivity contribution in [2.45, 2.75) is 19.3 Å². The Hall–Kier alpha value is -3.23. The number of nitrogens with zero attached hydrogens (tertiary/aromatic N) is 5. The molecule has 0 saturated carbocycles. The molecule has 29 heavy (non-hydrogen) atoms. The molecule has 7 nitrogen and oxygen atoms in total. The Morgan fingerprint density at radius 3 is 2.66 bits per heavy atom. The van der Waals surface area contributed by atoms with Gasteiger partial charge < -0.3 is 14.8 Å². The van der Waals surface area contributed by atoms with Crippen LogP contribution in [0.1, 0.15) is 28.2 Å². The quantitative estimate of drug-likeness (QED) is 0.735. The van der Waals surface area contributed by atoms with Crippen molar-refractivity contribution in [2.24, 2.45) is 0 Å². The van der Waals surface area contributed by atoms with Gasteiger partial charge in [-0.3, -0.25) is 4.79 Å². The van der Waals surface area contributed by atoms with Crippen molar-refractivity contribution in [1.29, 1.82) is 0 Å². The van der Waals surface area contributed by atoms with Gasteiger partial charge in [-0.15, -0.1) is 0 Å². The minimum absolute atomic E-state index is 0.136. The minimum Gasteiger partial charge on any atom is -0.339 e. The van der Waals surface area contributed by atoms with Gasteiger partial charge in [-0.1, -0.05) is 0 Å². The van der Waals surface area contributed by atoms with Crippen molar-refractivity contribution in [3.05, 3.63) is 59.2 Å². The lowest BCUT2D eigenvalue weighted by Crippen LogP contribution is -2.49. The Labute approximate surface area is 166 Å². The van der Waals surface area contributed by atoms with Crippen LogP contribution in [-0.4, -0.2) is 56.7 Å². The van der Waals surface area contributed by atoms with Crippen LogP contribution in [0.15, 0.2) is 30.6 Å². The lowest BCUT2D eigenvalue weighted by Gasteiger charge is -2.34. The summed E-state index contributed by atoms with van der Waals surface area (Å²) in [5.41, 5.74) is 2.28. The maximum atomic E-state index is 14.3. The molecule has 0 bridgehead atoms. The van der Waals surface area contributed by atoms with E-state index in [0.717, 1.165) is 42.5 Å². The first kappa shape index (κ1) is 17.8. The highest BCUT2D eigenvalue weighted by molar-refractivity contribution is 5.94. The molecular formula is C20H20F2N6O. The average Bonchev–Trinajstić information content (AvgIpc) is 3.46. The van der Waals surface area contributed by atoms with Crippen LogP contribution in [0.4, 0.5) is 14.7 Å². The summed E-state index contributed by atoms with van der Waals surface area (Å²) in [7, 11) is 0. The molecule has 1 aliphatic heterocycles. The molecular weight excluding hydrogens is 378 g/mol. The molecule has 0 radical (unpaired) electrons. The summed E-state index contributed by atoms with van der Waals surface area (Å²) in [4.78, 5) is 24.4. The fourth-order valence-corrected chi connectivity index (χ4v) is 4.16. The number of rotatable bonds is 3. The summed E-state index contributed by atoms with van der Waals surface area (Å²) < 4.78 is 29.1. The van der Waals surface area contributed by atoms with Crippen molar-refractivity contribution in [2.75, 3.05) is 31.1 Å². The number of halogens is 2. The van der Waals surface area contributed by atoms with Crippen molar-refractivity contribution < 1.29 is 13.6 Å². The zero-order valence-electron chi connectivity index (χ0n) is 15.7. The summed E-state index contributed by atoms with van der Waals surface area (Å²) in [5, 5.41) is 4.47. The summed E-state index contributed by atoms with van der Waals surface area (Å²) in [5.74, 6) is -0.661. The number of aromatic amines is 1. The van der Waals surface area contributed by atoms with Crippen LogP contribution >= 0.6 is 0 Å². The third-order valence-corrected chi connectivity index (χ3v) is 5.62. The van der Waals surface area contributed by atoms with E-state index in [1.165, 1.54) is 16.8 Å². The molecule has 0 atom stereocenters. The van der Waals surface area contributed by atoms with Crippen LogP contribution < -0.4 is 4.90 Å². The fourth-order valence-electron chi connectivity index (χ4n) is 4.16. The Balaban J connectivity index is 1.41. The van der Waals surface area contributed by atoms with Crippen molar-refractivity contribution in [1.82, 2.24) is 24.6 Å². The molecule has 150 valence electrons. The van der Waals surface area contributed by atoms with Gasteiger partial charge in [-0.25, -0.2) is 18.4 Å². The number of fused-ring (bicyclic) bond motifs is 1. The number of carbonyl (C=O) groups is 1. The summed E-state index contributed by atoms with van der Waals surface area (Å²) in [6.07, 6.45) is 5.83. The Kier molecular flexibility index (Phi) is 4.30. The molecule has 0 unspecified atom stereocenters.